The Bertz CT molecular complexity index is 507. The summed E-state index contributed by atoms with van der Waals surface area (Å²) in [6, 6.07) is 0. The van der Waals surface area contributed by atoms with E-state index in [9.17, 15) is 40.9 Å². The smallest absolute Gasteiger partial charge is 0.126 e. The molecule has 8 atom stereocenters. The van der Waals surface area contributed by atoms with Gasteiger partial charge in [0.15, 0.2) is 0 Å². The summed E-state index contributed by atoms with van der Waals surface area (Å²) in [5.74, 6) is 0. The molecule has 150 valence electrons. The monoisotopic (exact) mass is 380 g/mol. The van der Waals surface area contributed by atoms with Gasteiger partial charge in [0.1, 0.15) is 48.8 Å². The first-order valence-electron chi connectivity index (χ1n) is 7.63. The zero-order chi connectivity index (χ0) is 20.0. The highest BCUT2D eigenvalue weighted by Crippen LogP contribution is 2.22. The van der Waals surface area contributed by atoms with Crippen molar-refractivity contribution in [2.45, 2.75) is 48.8 Å². The van der Waals surface area contributed by atoms with E-state index in [1.54, 1.807) is 0 Å². The van der Waals surface area contributed by atoms with Crippen LogP contribution in [-0.2, 0) is 0 Å². The molecule has 1 aromatic heterocycles. The quantitative estimate of drug-likeness (QED) is 0.183. The fourth-order valence-corrected chi connectivity index (χ4v) is 2.08. The van der Waals surface area contributed by atoms with Gasteiger partial charge in [-0.25, -0.2) is 4.98 Å². The summed E-state index contributed by atoms with van der Waals surface area (Å²) in [6.45, 7) is -1.74. The summed E-state index contributed by atoms with van der Waals surface area (Å²) in [6.07, 6.45) is -12.9. The van der Waals surface area contributed by atoms with E-state index < -0.39 is 62.0 Å². The third-order valence-corrected chi connectivity index (χ3v) is 3.79. The molecule has 0 amide bonds. The molecular weight excluding hydrogens is 356 g/mol. The zero-order valence-electron chi connectivity index (χ0n) is 13.6. The van der Waals surface area contributed by atoms with E-state index in [-0.39, 0.29) is 11.4 Å². The highest BCUT2D eigenvalue weighted by Gasteiger charge is 2.34. The molecule has 12 heteroatoms. The Labute approximate surface area is 147 Å². The van der Waals surface area contributed by atoms with Crippen LogP contribution in [0.5, 0.6) is 0 Å². The Morgan fingerprint density at radius 1 is 0.615 bits per heavy atom. The first-order chi connectivity index (χ1) is 12.1. The molecule has 0 aliphatic heterocycles. The lowest BCUT2D eigenvalue weighted by molar-refractivity contribution is -0.119. The van der Waals surface area contributed by atoms with Gasteiger partial charge in [0.05, 0.1) is 37.0 Å². The molecule has 0 fully saturated rings. The van der Waals surface area contributed by atoms with Crippen LogP contribution in [0.1, 0.15) is 23.6 Å². The van der Waals surface area contributed by atoms with E-state index >= 15 is 0 Å². The molecule has 1 heterocycles. The summed E-state index contributed by atoms with van der Waals surface area (Å²) in [5, 5.41) is 95.0. The molecule has 0 spiro atoms. The lowest BCUT2D eigenvalue weighted by atomic mass is 10.00. The average Bonchev–Trinajstić information content (AvgIpc) is 2.68. The molecule has 1 aromatic rings. The summed E-state index contributed by atoms with van der Waals surface area (Å²) in [7, 11) is 0. The number of aliphatic hydroxyl groups is 10. The van der Waals surface area contributed by atoms with Crippen molar-refractivity contribution in [1.29, 1.82) is 0 Å². The van der Waals surface area contributed by atoms with Crippen molar-refractivity contribution in [3.05, 3.63) is 23.8 Å². The largest absolute Gasteiger partial charge is 0.394 e. The Balaban J connectivity index is 2.96. The minimum absolute atomic E-state index is 0.345. The third kappa shape index (κ3) is 5.34. The highest BCUT2D eigenvalue weighted by atomic mass is 16.4. The maximum Gasteiger partial charge on any atom is 0.126 e. The summed E-state index contributed by atoms with van der Waals surface area (Å²) >= 11 is 0. The Kier molecular flexibility index (Phi) is 8.85. The average molecular weight is 380 g/mol. The van der Waals surface area contributed by atoms with E-state index in [1.165, 1.54) is 0 Å². The second-order valence-electron chi connectivity index (χ2n) is 5.72. The lowest BCUT2D eigenvalue weighted by Gasteiger charge is -2.27. The van der Waals surface area contributed by atoms with Crippen LogP contribution in [0.4, 0.5) is 0 Å². The predicted molar refractivity (Wildman–Crippen MR) is 82.2 cm³/mol. The molecule has 10 N–H and O–H groups in total. The Morgan fingerprint density at radius 3 is 1.27 bits per heavy atom. The summed E-state index contributed by atoms with van der Waals surface area (Å²) in [4.78, 5) is 7.41. The molecule has 0 aliphatic rings. The number of aliphatic hydroxyl groups excluding tert-OH is 10. The van der Waals surface area contributed by atoms with Gasteiger partial charge in [-0.3, -0.25) is 4.98 Å². The molecule has 12 nitrogen and oxygen atoms in total. The first-order valence-corrected chi connectivity index (χ1v) is 7.63. The van der Waals surface area contributed by atoms with Crippen LogP contribution in [0.25, 0.3) is 0 Å². The topological polar surface area (TPSA) is 228 Å². The molecule has 0 saturated heterocycles. The van der Waals surface area contributed by atoms with Crippen molar-refractivity contribution in [3.8, 4) is 0 Å². The van der Waals surface area contributed by atoms with E-state index in [4.69, 9.17) is 10.2 Å². The number of nitrogens with zero attached hydrogens (tertiary/aromatic N) is 2. The molecule has 26 heavy (non-hydrogen) atoms. The minimum Gasteiger partial charge on any atom is -0.394 e. The molecule has 0 saturated carbocycles. The van der Waals surface area contributed by atoms with Crippen LogP contribution >= 0.6 is 0 Å². The van der Waals surface area contributed by atoms with Crippen molar-refractivity contribution < 1.29 is 51.1 Å². The van der Waals surface area contributed by atoms with Crippen molar-refractivity contribution in [2.75, 3.05) is 13.2 Å². The maximum absolute atomic E-state index is 10.0. The van der Waals surface area contributed by atoms with Gasteiger partial charge in [0.25, 0.3) is 0 Å². The fraction of sp³-hybridized carbons (Fsp3) is 0.714. The number of rotatable bonds is 10. The number of hydrogen-bond donors (Lipinski definition) is 10. The molecule has 0 aliphatic carbocycles. The van der Waals surface area contributed by atoms with E-state index in [2.05, 4.69) is 9.97 Å². The first kappa shape index (κ1) is 22.7. The van der Waals surface area contributed by atoms with Gasteiger partial charge in [0.2, 0.25) is 0 Å². The van der Waals surface area contributed by atoms with Crippen molar-refractivity contribution >= 4 is 0 Å². The Hall–Kier alpha value is -1.32. The second-order valence-corrected chi connectivity index (χ2v) is 5.72. The molecule has 0 aromatic carbocycles. The minimum atomic E-state index is -1.95. The summed E-state index contributed by atoms with van der Waals surface area (Å²) < 4.78 is 0. The van der Waals surface area contributed by atoms with Crippen molar-refractivity contribution in [2.24, 2.45) is 0 Å². The number of aromatic nitrogens is 2. The SMILES string of the molecule is OC[C@@H](O)[C@@H](O)[C@H](O)[C@@H](O)c1cncc([C@H](O)[C@@H](O)[C@H](O)[C@H](O)CO)n1. The van der Waals surface area contributed by atoms with Crippen LogP contribution in [0, 0.1) is 0 Å². The molecule has 0 bridgehead atoms. The van der Waals surface area contributed by atoms with Gasteiger partial charge in [-0.1, -0.05) is 0 Å². The Morgan fingerprint density at radius 2 is 0.962 bits per heavy atom. The molecular formula is C14H24N2O10. The molecule has 1 rings (SSSR count). The van der Waals surface area contributed by atoms with E-state index in [0.29, 0.717) is 0 Å². The van der Waals surface area contributed by atoms with E-state index in [0.717, 1.165) is 12.4 Å². The van der Waals surface area contributed by atoms with Gasteiger partial charge >= 0.3 is 0 Å². The molecule has 0 unspecified atom stereocenters. The van der Waals surface area contributed by atoms with Crippen LogP contribution in [0.2, 0.25) is 0 Å². The van der Waals surface area contributed by atoms with Gasteiger partial charge < -0.3 is 51.1 Å². The highest BCUT2D eigenvalue weighted by molar-refractivity contribution is 5.11. The number of hydrogen-bond acceptors (Lipinski definition) is 12. The maximum atomic E-state index is 10.0. The summed E-state index contributed by atoms with van der Waals surface area (Å²) in [5.41, 5.74) is -0.690. The standard InChI is InChI=1S/C14H24N2O10/c17-3-7(19)11(23)13(25)9(21)5-1-15-2-6(16-5)10(22)14(26)12(24)8(20)4-18/h1-2,7-14,17-26H,3-4H2/t7-,8-,9+,10+,11-,12-,13-,14-/m1/s1. The third-order valence-electron chi connectivity index (χ3n) is 3.79. The van der Waals surface area contributed by atoms with Crippen molar-refractivity contribution in [3.63, 3.8) is 0 Å². The van der Waals surface area contributed by atoms with Gasteiger partial charge in [-0.2, -0.15) is 0 Å². The van der Waals surface area contributed by atoms with Gasteiger partial charge in [0, 0.05) is 0 Å². The van der Waals surface area contributed by atoms with Gasteiger partial charge in [-0.15, -0.1) is 0 Å². The normalized spacial score (nSPS) is 21.3. The van der Waals surface area contributed by atoms with Crippen molar-refractivity contribution in [1.82, 2.24) is 9.97 Å². The van der Waals surface area contributed by atoms with E-state index in [1.807, 2.05) is 0 Å². The predicted octanol–water partition coefficient (Wildman–Crippen LogP) is -5.31. The zero-order valence-corrected chi connectivity index (χ0v) is 13.6. The van der Waals surface area contributed by atoms with Crippen LogP contribution in [0.3, 0.4) is 0 Å². The van der Waals surface area contributed by atoms with Crippen LogP contribution in [0.15, 0.2) is 12.4 Å². The van der Waals surface area contributed by atoms with Crippen LogP contribution < -0.4 is 0 Å². The van der Waals surface area contributed by atoms with Crippen LogP contribution in [-0.4, -0.2) is 111 Å². The van der Waals surface area contributed by atoms with Gasteiger partial charge in [-0.05, 0) is 0 Å². The lowest BCUT2D eigenvalue weighted by Crippen LogP contribution is -2.43. The second kappa shape index (κ2) is 10.1. The fourth-order valence-electron chi connectivity index (χ4n) is 2.08. The molecule has 0 radical (unpaired) electrons.